The maximum absolute atomic E-state index is 18.6. The van der Waals surface area contributed by atoms with Gasteiger partial charge in [0.15, 0.2) is 35.4 Å². The first-order chi connectivity index (χ1) is 34.5. The van der Waals surface area contributed by atoms with Gasteiger partial charge < -0.3 is 42.6 Å². The highest BCUT2D eigenvalue weighted by Gasteiger charge is 2.73. The molecule has 6 heterocycles. The molecule has 0 aromatic carbocycles. The van der Waals surface area contributed by atoms with Crippen molar-refractivity contribution in [2.75, 3.05) is 119 Å². The van der Waals surface area contributed by atoms with Crippen LogP contribution < -0.4 is 0 Å². The van der Waals surface area contributed by atoms with Crippen molar-refractivity contribution in [2.45, 2.75) is 121 Å². The summed E-state index contributed by atoms with van der Waals surface area (Å²) in [6, 6.07) is 0. The molecule has 74 heavy (non-hydrogen) atoms. The number of aliphatic imine (C=N–C) groups is 6. The van der Waals surface area contributed by atoms with E-state index in [1.807, 2.05) is 104 Å². The topological polar surface area (TPSA) is 202 Å². The Bertz CT molecular complexity index is 1980. The van der Waals surface area contributed by atoms with Gasteiger partial charge in [0.05, 0.1) is 111 Å². The van der Waals surface area contributed by atoms with Crippen LogP contribution in [0.3, 0.4) is 0 Å². The van der Waals surface area contributed by atoms with Gasteiger partial charge in [-0.15, -0.1) is 0 Å². The van der Waals surface area contributed by atoms with Crippen molar-refractivity contribution in [1.29, 1.82) is 0 Å². The summed E-state index contributed by atoms with van der Waals surface area (Å²) >= 11 is 0. The first-order valence-corrected chi connectivity index (χ1v) is 27.4. The molecule has 0 amide bonds. The molecule has 20 heteroatoms. The van der Waals surface area contributed by atoms with E-state index in [0.717, 1.165) is 16.7 Å². The van der Waals surface area contributed by atoms with Crippen LogP contribution in [0.5, 0.6) is 0 Å². The van der Waals surface area contributed by atoms with Gasteiger partial charge >= 0.3 is 7.82 Å². The Labute approximate surface area is 440 Å². The molecule has 0 unspecified atom stereocenters. The average molecular weight is 1060 g/mol. The lowest BCUT2D eigenvalue weighted by atomic mass is 9.60. The van der Waals surface area contributed by atoms with Crippen molar-refractivity contribution < 1.29 is 60.8 Å². The van der Waals surface area contributed by atoms with Crippen LogP contribution in [-0.2, 0) is 60.8 Å². The first-order valence-electron chi connectivity index (χ1n) is 26.0. The van der Waals surface area contributed by atoms with Gasteiger partial charge in [0.25, 0.3) is 0 Å². The summed E-state index contributed by atoms with van der Waals surface area (Å²) in [6.07, 6.45) is 0. The minimum atomic E-state index is -5.57. The average Bonchev–Trinajstić information content (AvgIpc) is 4.17. The van der Waals surface area contributed by atoms with E-state index in [1.54, 1.807) is 0 Å². The van der Waals surface area contributed by atoms with E-state index >= 15 is 4.57 Å². The molecule has 0 aromatic heterocycles. The molecule has 0 atom stereocenters. The Kier molecular flexibility index (Phi) is 18.1. The number of ether oxygens (including phenoxy) is 9. The number of rotatable bonds is 30. The second-order valence-corrected chi connectivity index (χ2v) is 25.0. The summed E-state index contributed by atoms with van der Waals surface area (Å²) in [7, 11) is -5.57. The molecule has 6 aliphatic heterocycles. The van der Waals surface area contributed by atoms with Gasteiger partial charge in [-0.3, -0.25) is 43.5 Å². The first kappa shape index (κ1) is 59.3. The minimum absolute atomic E-state index is 0.101. The smallest absolute Gasteiger partial charge is 0.476 e. The summed E-state index contributed by atoms with van der Waals surface area (Å²) in [5.74, 6) is 1.96. The van der Waals surface area contributed by atoms with Crippen LogP contribution in [0.1, 0.15) is 104 Å². The van der Waals surface area contributed by atoms with Gasteiger partial charge in [-0.2, -0.15) is 0 Å². The summed E-state index contributed by atoms with van der Waals surface area (Å²) in [6.45, 7) is 44.6. The van der Waals surface area contributed by atoms with Crippen molar-refractivity contribution in [3.63, 3.8) is 0 Å². The zero-order chi connectivity index (χ0) is 54.7. The summed E-state index contributed by atoms with van der Waals surface area (Å²) in [5.41, 5.74) is -11.6. The standard InChI is InChI=1S/C54H87N6O13P/c1-37(2)31-62-34-52(46(7,8)40-55-19-25-65-40,47(9,10)41-56-20-26-66-41)71-74(61,72-53(35-63-32-38(3)4,48(11,12)42-57-21-27-67-42)49(13,14)43-58-22-28-68-43)73-54(36-64-33-39(5)6,50(15,16)44-59-23-29-69-44)51(17,18)45-60-24-30-70-45/h1,3,5,19-36H2,2,4,6-18H3. The van der Waals surface area contributed by atoms with Gasteiger partial charge in [0.2, 0.25) is 0 Å². The molecule has 6 aliphatic rings. The molecule has 0 aromatic rings. The Hall–Kier alpha value is -3.97. The van der Waals surface area contributed by atoms with Crippen LogP contribution in [0, 0.1) is 32.5 Å². The Morgan fingerprint density at radius 3 is 0.703 bits per heavy atom. The van der Waals surface area contributed by atoms with E-state index in [1.165, 1.54) is 0 Å². The zero-order valence-electron chi connectivity index (χ0n) is 47.3. The van der Waals surface area contributed by atoms with Crippen LogP contribution >= 0.6 is 7.82 Å². The molecule has 0 radical (unpaired) electrons. The molecule has 0 aliphatic carbocycles. The molecule has 0 saturated carbocycles. The predicted molar refractivity (Wildman–Crippen MR) is 288 cm³/mol. The van der Waals surface area contributed by atoms with Crippen molar-refractivity contribution in [3.05, 3.63) is 36.5 Å². The fraction of sp³-hybridized carbons (Fsp3) is 0.778. The van der Waals surface area contributed by atoms with Crippen molar-refractivity contribution in [3.8, 4) is 0 Å². The molecule has 0 N–H and O–H groups in total. The third-order valence-electron chi connectivity index (χ3n) is 15.5. The SMILES string of the molecule is C=C(C)COCC(OP(=O)(OC(COCC(=C)C)(C(C)(C)C1=NCCO1)C(C)(C)C1=NCCO1)OC(COCC(=C)C)(C(C)(C)C1=NCCO1)C(C)(C)C1=NCCO1)(C(C)(C)C1=NCCO1)C(C)(C)C1=NCCO1. The summed E-state index contributed by atoms with van der Waals surface area (Å²) < 4.78 is 101. The highest BCUT2D eigenvalue weighted by atomic mass is 31.2. The fourth-order valence-electron chi connectivity index (χ4n) is 11.2. The quantitative estimate of drug-likeness (QED) is 0.0488. The second-order valence-electron chi connectivity index (χ2n) is 23.5. The molecular formula is C54H87N6O13P. The lowest BCUT2D eigenvalue weighted by Gasteiger charge is -2.59. The van der Waals surface area contributed by atoms with Gasteiger partial charge in [0.1, 0.15) is 56.4 Å². The number of phosphoric ester groups is 1. The van der Waals surface area contributed by atoms with Crippen LogP contribution in [0.2, 0.25) is 0 Å². The highest BCUT2D eigenvalue weighted by molar-refractivity contribution is 7.48. The van der Waals surface area contributed by atoms with E-state index in [0.29, 0.717) is 114 Å². The fourth-order valence-corrected chi connectivity index (χ4v) is 14.0. The van der Waals surface area contributed by atoms with Crippen molar-refractivity contribution >= 4 is 43.2 Å². The number of nitrogens with zero attached hydrogens (tertiary/aromatic N) is 6. The van der Waals surface area contributed by atoms with Crippen LogP contribution in [0.15, 0.2) is 66.4 Å². The monoisotopic (exact) mass is 1060 g/mol. The maximum Gasteiger partial charge on any atom is 0.476 e. The Balaban J connectivity index is 1.82. The minimum Gasteiger partial charge on any atom is -0.479 e. The summed E-state index contributed by atoms with van der Waals surface area (Å²) in [5, 5.41) is 0. The molecule has 6 rings (SSSR count). The molecular weight excluding hydrogens is 972 g/mol. The van der Waals surface area contributed by atoms with Crippen LogP contribution in [0.25, 0.3) is 0 Å². The normalized spacial score (nSPS) is 19.3. The lowest BCUT2D eigenvalue weighted by molar-refractivity contribution is -0.207. The molecule has 0 saturated heterocycles. The van der Waals surface area contributed by atoms with Crippen LogP contribution in [0.4, 0.5) is 0 Å². The van der Waals surface area contributed by atoms with Gasteiger partial charge in [-0.25, -0.2) is 4.57 Å². The Morgan fingerprint density at radius 2 is 0.568 bits per heavy atom. The van der Waals surface area contributed by atoms with E-state index in [4.69, 9.17) is 86.2 Å². The third-order valence-corrected chi connectivity index (χ3v) is 17.1. The number of hydrogen-bond donors (Lipinski definition) is 0. The zero-order valence-corrected chi connectivity index (χ0v) is 48.2. The van der Waals surface area contributed by atoms with Crippen molar-refractivity contribution in [1.82, 2.24) is 0 Å². The van der Waals surface area contributed by atoms with Gasteiger partial charge in [-0.05, 0) is 104 Å². The Morgan fingerprint density at radius 1 is 0.392 bits per heavy atom. The second kappa shape index (κ2) is 22.5. The molecule has 0 spiro atoms. The van der Waals surface area contributed by atoms with Gasteiger partial charge in [-0.1, -0.05) is 36.5 Å². The molecule has 0 fully saturated rings. The van der Waals surface area contributed by atoms with E-state index in [2.05, 4.69) is 19.7 Å². The number of hydrogen-bond acceptors (Lipinski definition) is 19. The predicted octanol–water partition coefficient (Wildman–Crippen LogP) is 8.87. The summed E-state index contributed by atoms with van der Waals surface area (Å²) in [4.78, 5) is 29.5. The van der Waals surface area contributed by atoms with Gasteiger partial charge in [0, 0.05) is 0 Å². The lowest BCUT2D eigenvalue weighted by Crippen LogP contribution is -2.69. The van der Waals surface area contributed by atoms with E-state index in [-0.39, 0.29) is 39.6 Å². The number of phosphoric acid groups is 1. The maximum atomic E-state index is 18.6. The van der Waals surface area contributed by atoms with Crippen molar-refractivity contribution in [2.24, 2.45) is 62.4 Å². The van der Waals surface area contributed by atoms with E-state index in [9.17, 15) is 0 Å². The largest absolute Gasteiger partial charge is 0.479 e. The van der Waals surface area contributed by atoms with E-state index < -0.39 is 57.1 Å². The highest BCUT2D eigenvalue weighted by Crippen LogP contribution is 2.71. The molecule has 416 valence electrons. The molecule has 0 bridgehead atoms. The third kappa shape index (κ3) is 11.0. The van der Waals surface area contributed by atoms with Crippen LogP contribution in [-0.4, -0.2) is 171 Å². The molecule has 19 nitrogen and oxygen atoms in total.